The molecule has 20 heteroatoms. The van der Waals surface area contributed by atoms with Crippen molar-refractivity contribution >= 4 is 48.4 Å². The third-order valence-electron chi connectivity index (χ3n) is 14.2. The maximum absolute atomic E-state index is 14.7. The molecule has 2 aromatic heterocycles. The molecule has 4 aliphatic heterocycles. The van der Waals surface area contributed by atoms with Gasteiger partial charge in [-0.05, 0) is 13.3 Å². The van der Waals surface area contributed by atoms with Crippen molar-refractivity contribution in [3.05, 3.63) is 76.1 Å². The molecule has 4 aliphatic rings. The number of fused-ring (bicyclic) bond motifs is 6. The number of carbonyl (C=O) groups is 4. The number of nitrogens with one attached hydrogen (secondary N) is 2. The molecule has 2 saturated heterocycles. The normalized spacial score (nSPS) is 22.0. The predicted octanol–water partition coefficient (Wildman–Crippen LogP) is 5.79. The van der Waals surface area contributed by atoms with E-state index in [9.17, 15) is 37.3 Å². The summed E-state index contributed by atoms with van der Waals surface area (Å²) in [5.41, 5.74) is 7.41. The second kappa shape index (κ2) is 20.7. The van der Waals surface area contributed by atoms with E-state index in [0.717, 1.165) is 16.8 Å². The first kappa shape index (κ1) is 51.2. The number of methoxy groups -OCH3 is 1. The minimum atomic E-state index is -4.55. The van der Waals surface area contributed by atoms with Crippen molar-refractivity contribution in [1.29, 1.82) is 0 Å². The molecule has 5 atom stereocenters. The number of hydrogen-bond acceptors (Lipinski definition) is 10. The van der Waals surface area contributed by atoms with Gasteiger partial charge in [0, 0.05) is 19.7 Å². The Morgan fingerprint density at radius 3 is 2.59 bits per heavy atom. The summed E-state index contributed by atoms with van der Waals surface area (Å²) in [6.45, 7) is 13.4. The van der Waals surface area contributed by atoms with E-state index < -0.39 is 67.5 Å². The van der Waals surface area contributed by atoms with Crippen molar-refractivity contribution in [2.75, 3.05) is 44.8 Å². The number of aromatic nitrogens is 3. The number of amides is 3. The standard InChI is InChI=1S/C39H52F3N8O5.C8H10NO2.CH3.In/c1-24(2)16-34(51)44-31-18-26-10-8-11-27(17-26)47-15-13-32-30(21-47)28(19-38(4,5)23-55-50(53)33-12-9-14-49(45-33)37(31)52)36(48(32)22-39(40,41)42)29-20-43-46(6)35(29)25(3)54-7;1-2-8(11)9-4-3-7(5-9)6-10;;/h8,10-11,16-17,20,24-25,31,33,45H,9,12-15,18-19,21-23H2,1-7H3;2,7H,1,3-5H2;1H3;/p+1/t25-,31-,33+;7-;;/m00../s1. The quantitative estimate of drug-likeness (QED) is 0.225. The number of hydrazine groups is 1. The third kappa shape index (κ3) is 11.0. The van der Waals surface area contributed by atoms with Crippen LogP contribution in [0.25, 0.3) is 11.3 Å². The van der Waals surface area contributed by atoms with Crippen molar-refractivity contribution in [1.82, 2.24) is 35.0 Å². The zero-order valence-electron chi connectivity index (χ0n) is 40.5. The number of nitrogens with zero attached hydrogens (tertiary/aromatic N) is 7. The first-order chi connectivity index (χ1) is 32.1. The molecule has 7 rings (SSSR count). The molecule has 368 valence electrons. The number of anilines is 1. The van der Waals surface area contributed by atoms with Gasteiger partial charge in [-0.3, -0.25) is 4.68 Å². The molecule has 0 unspecified atom stereocenters. The van der Waals surface area contributed by atoms with Crippen LogP contribution in [0.1, 0.15) is 88.1 Å². The number of rotatable bonds is 11. The monoisotopic (exact) mass is 1050 g/mol. The van der Waals surface area contributed by atoms with Crippen LogP contribution >= 0.6 is 0 Å². The molecule has 2 N–H and O–H groups in total. The Morgan fingerprint density at radius 2 is 1.90 bits per heavy atom. The van der Waals surface area contributed by atoms with Crippen LogP contribution in [0.2, 0.25) is 8.35 Å². The molecule has 0 radical (unpaired) electrons. The molecule has 16 nitrogen and oxygen atoms in total. The SMILES string of the molecule is C=CC(=O)N1CC[C@H]([C](=O)[In]([CH3])[C@H](C(=O)N[C@H]2Cc3cccc(c3)N3CCc4c(c(c(-c5cnn(C)c5[C@H](C)OC)n4CC(F)(F)F)CC(C)(C)CO[N+](=O)[C@@H]4CCCN(N4)C2=O)C3)C(C)C)C1. The van der Waals surface area contributed by atoms with E-state index in [1.807, 2.05) is 63.6 Å². The summed E-state index contributed by atoms with van der Waals surface area (Å²) in [7, 11) is 3.29. The zero-order valence-corrected chi connectivity index (χ0v) is 43.8. The summed E-state index contributed by atoms with van der Waals surface area (Å²) in [5, 5.41) is 8.96. The van der Waals surface area contributed by atoms with E-state index in [1.165, 1.54) is 15.7 Å². The van der Waals surface area contributed by atoms with Crippen LogP contribution in [0.15, 0.2) is 43.1 Å². The molecule has 6 bridgehead atoms. The Balaban J connectivity index is 1.28. The average Bonchev–Trinajstić information content (AvgIpc) is 4.02. The Bertz CT molecular complexity index is 2420. The third-order valence-corrected chi connectivity index (χ3v) is 24.3. The van der Waals surface area contributed by atoms with Gasteiger partial charge in [-0.15, -0.1) is 0 Å². The second-order valence-electron chi connectivity index (χ2n) is 20.1. The van der Waals surface area contributed by atoms with Gasteiger partial charge in [0.15, 0.2) is 0 Å². The van der Waals surface area contributed by atoms with Gasteiger partial charge in [0.2, 0.25) is 0 Å². The summed E-state index contributed by atoms with van der Waals surface area (Å²) in [6, 6.07) is 6.55. The molecule has 0 aliphatic carbocycles. The van der Waals surface area contributed by atoms with E-state index in [0.29, 0.717) is 78.4 Å². The van der Waals surface area contributed by atoms with Crippen molar-refractivity contribution in [2.24, 2.45) is 24.3 Å². The second-order valence-corrected chi connectivity index (χ2v) is 28.3. The van der Waals surface area contributed by atoms with Crippen LogP contribution < -0.4 is 15.6 Å². The molecule has 1 aromatic carbocycles. The molecule has 68 heavy (non-hydrogen) atoms. The van der Waals surface area contributed by atoms with Gasteiger partial charge in [0.25, 0.3) is 0 Å². The topological polar surface area (TPSA) is 163 Å². The molecule has 2 fully saturated rings. The van der Waals surface area contributed by atoms with Crippen LogP contribution in [-0.2, 0) is 68.2 Å². The van der Waals surface area contributed by atoms with E-state index in [4.69, 9.17) is 9.57 Å². The number of halogens is 3. The van der Waals surface area contributed by atoms with E-state index in [-0.39, 0.29) is 59.7 Å². The number of likely N-dealkylation sites (tertiary alicyclic amines) is 1. The van der Waals surface area contributed by atoms with Gasteiger partial charge < -0.3 is 9.30 Å². The Morgan fingerprint density at radius 1 is 1.15 bits per heavy atom. The van der Waals surface area contributed by atoms with E-state index in [2.05, 4.69) is 27.3 Å². The molecule has 0 spiro atoms. The van der Waals surface area contributed by atoms with Crippen LogP contribution in [0.3, 0.4) is 0 Å². The number of benzene rings is 1. The molecular formula is C48H66F3InN9O7+. The van der Waals surface area contributed by atoms with Gasteiger partial charge in [-0.2, -0.15) is 18.3 Å². The Labute approximate surface area is 403 Å². The predicted molar refractivity (Wildman–Crippen MR) is 250 cm³/mol. The number of ether oxygens (including phenoxy) is 1. The van der Waals surface area contributed by atoms with Crippen LogP contribution in [0.4, 0.5) is 18.9 Å². The Kier molecular flexibility index (Phi) is 15.6. The first-order valence-electron chi connectivity index (χ1n) is 23.7. The molecular weight excluding hydrogens is 986 g/mol. The van der Waals surface area contributed by atoms with Gasteiger partial charge in [0.05, 0.1) is 23.7 Å². The zero-order chi connectivity index (χ0) is 49.4. The molecule has 6 heterocycles. The summed E-state index contributed by atoms with van der Waals surface area (Å²) < 4.78 is 54.3. The summed E-state index contributed by atoms with van der Waals surface area (Å²) >= 11 is -3.41. The van der Waals surface area contributed by atoms with Crippen molar-refractivity contribution in [3.63, 3.8) is 0 Å². The van der Waals surface area contributed by atoms with E-state index in [1.54, 1.807) is 29.9 Å². The van der Waals surface area contributed by atoms with Gasteiger partial charge in [-0.25, -0.2) is 0 Å². The number of hydrogen-bond donors (Lipinski definition) is 2. The van der Waals surface area contributed by atoms with Crippen molar-refractivity contribution in [3.8, 4) is 11.3 Å². The molecule has 3 aromatic rings. The number of alkyl halides is 3. The fourth-order valence-corrected chi connectivity index (χ4v) is 19.5. The molecule has 0 saturated carbocycles. The van der Waals surface area contributed by atoms with Gasteiger partial charge >= 0.3 is 296 Å². The van der Waals surface area contributed by atoms with Crippen molar-refractivity contribution in [2.45, 2.75) is 119 Å². The fourth-order valence-electron chi connectivity index (χ4n) is 10.7. The van der Waals surface area contributed by atoms with E-state index >= 15 is 0 Å². The minimum absolute atomic E-state index is 0.0782. The Hall–Kier alpha value is -4.69. The summed E-state index contributed by atoms with van der Waals surface area (Å²) in [4.78, 5) is 79.7. The maximum atomic E-state index is 14.7. The van der Waals surface area contributed by atoms with Gasteiger partial charge in [-0.1, -0.05) is 13.8 Å². The van der Waals surface area contributed by atoms with Crippen LogP contribution in [-0.4, -0.2) is 130 Å². The van der Waals surface area contributed by atoms with Crippen molar-refractivity contribution < 1.29 is 46.8 Å². The average molecular weight is 1050 g/mol. The summed E-state index contributed by atoms with van der Waals surface area (Å²) in [6.07, 6.45) is -1.18. The van der Waals surface area contributed by atoms with Crippen LogP contribution in [0, 0.1) is 22.2 Å². The van der Waals surface area contributed by atoms with Gasteiger partial charge in [0.1, 0.15) is 6.54 Å². The van der Waals surface area contributed by atoms with Crippen LogP contribution in [0.5, 0.6) is 0 Å². The number of carbonyl (C=O) groups excluding carboxylic acids is 4. The number of aryl methyl sites for hydroxylation is 1. The fraction of sp³-hybridized carbons (Fsp3) is 0.604. The first-order valence-corrected chi connectivity index (χ1v) is 30.6. The molecule has 3 amide bonds. The summed E-state index contributed by atoms with van der Waals surface area (Å²) in [5.74, 6) is -1.59.